The van der Waals surface area contributed by atoms with Crippen molar-refractivity contribution in [2.75, 3.05) is 14.2 Å². The van der Waals surface area contributed by atoms with E-state index in [4.69, 9.17) is 4.74 Å². The molecule has 0 bridgehead atoms. The molecule has 13 heteroatoms. The number of rotatable bonds is 3. The molecule has 188 valence electrons. The number of aromatic nitrogens is 6. The van der Waals surface area contributed by atoms with Crippen molar-refractivity contribution in [1.82, 2.24) is 29.9 Å². The second-order valence-electron chi connectivity index (χ2n) is 8.04. The van der Waals surface area contributed by atoms with Gasteiger partial charge in [0.05, 0.1) is 32.1 Å². The van der Waals surface area contributed by atoms with Gasteiger partial charge >= 0.3 is 11.9 Å². The molecular formula is C22H25Br3N6O4. The molecule has 0 atom stereocenters. The lowest BCUT2D eigenvalue weighted by Gasteiger charge is -2.22. The number of nitrogens with zero attached hydrogens (tertiary/aromatic N) is 5. The Hall–Kier alpha value is -2.38. The number of ether oxygens (including phenoxy) is 2. The van der Waals surface area contributed by atoms with Gasteiger partial charge in [0.2, 0.25) is 0 Å². The third-order valence-electron chi connectivity index (χ3n) is 4.63. The molecule has 0 aromatic carbocycles. The van der Waals surface area contributed by atoms with E-state index in [9.17, 15) is 9.59 Å². The second kappa shape index (κ2) is 12.0. The molecule has 0 saturated carbocycles. The zero-order valence-corrected chi connectivity index (χ0v) is 24.7. The van der Waals surface area contributed by atoms with Gasteiger partial charge in [-0.1, -0.05) is 15.9 Å². The summed E-state index contributed by atoms with van der Waals surface area (Å²) >= 11 is 9.82. The summed E-state index contributed by atoms with van der Waals surface area (Å²) in [6.45, 7) is 6.98. The molecule has 0 aliphatic rings. The molecule has 4 heterocycles. The van der Waals surface area contributed by atoms with Crippen molar-refractivity contribution in [2.24, 2.45) is 0 Å². The highest BCUT2D eigenvalue weighted by atomic mass is 79.9. The fourth-order valence-corrected chi connectivity index (χ4v) is 3.84. The molecule has 0 aliphatic heterocycles. The van der Waals surface area contributed by atoms with E-state index in [-0.39, 0.29) is 11.9 Å². The van der Waals surface area contributed by atoms with E-state index in [0.717, 1.165) is 26.4 Å². The summed E-state index contributed by atoms with van der Waals surface area (Å²) in [5.41, 5.74) is 0.798. The molecule has 0 radical (unpaired) electrons. The number of hydrogen-bond donors (Lipinski definition) is 1. The topological polar surface area (TPSA) is 125 Å². The van der Waals surface area contributed by atoms with Gasteiger partial charge in [0.25, 0.3) is 0 Å². The number of pyridine rings is 2. The van der Waals surface area contributed by atoms with Crippen LogP contribution in [0.2, 0.25) is 0 Å². The highest BCUT2D eigenvalue weighted by Crippen LogP contribution is 2.28. The number of carbonyl (C=O) groups is 2. The van der Waals surface area contributed by atoms with Crippen LogP contribution in [0.15, 0.2) is 46.1 Å². The molecule has 0 aliphatic carbocycles. The number of hydrogen-bond acceptors (Lipinski definition) is 8. The van der Waals surface area contributed by atoms with E-state index in [1.807, 2.05) is 12.1 Å². The number of halogens is 3. The normalized spacial score (nSPS) is 11.2. The molecule has 35 heavy (non-hydrogen) atoms. The molecule has 0 saturated heterocycles. The lowest BCUT2D eigenvalue weighted by Crippen LogP contribution is -2.37. The minimum absolute atomic E-state index is 0.252. The third kappa shape index (κ3) is 7.07. The molecule has 0 spiro atoms. The third-order valence-corrected chi connectivity index (χ3v) is 6.15. The first kappa shape index (κ1) is 28.9. The Bertz CT molecular complexity index is 1310. The largest absolute Gasteiger partial charge is 0.468 e. The minimum Gasteiger partial charge on any atom is -0.468 e. The van der Waals surface area contributed by atoms with E-state index in [1.54, 1.807) is 57.2 Å². The van der Waals surface area contributed by atoms with Gasteiger partial charge < -0.3 is 9.47 Å². The molecule has 10 nitrogen and oxygen atoms in total. The monoisotopic (exact) mass is 674 g/mol. The fraction of sp³-hybridized carbons (Fsp3) is 0.364. The Morgan fingerprint density at radius 1 is 0.943 bits per heavy atom. The van der Waals surface area contributed by atoms with Crippen LogP contribution in [-0.2, 0) is 24.6 Å². The number of aromatic amines is 1. The maximum atomic E-state index is 11.8. The Labute approximate surface area is 227 Å². The zero-order chi connectivity index (χ0) is 26.4. The fourth-order valence-electron chi connectivity index (χ4n) is 2.76. The molecule has 0 amide bonds. The minimum atomic E-state index is -0.873. The van der Waals surface area contributed by atoms with Crippen LogP contribution in [0.5, 0.6) is 0 Å². The van der Waals surface area contributed by atoms with Gasteiger partial charge in [0, 0.05) is 23.2 Å². The summed E-state index contributed by atoms with van der Waals surface area (Å²) in [6, 6.07) is 3.75. The number of nitrogens with one attached hydrogen (secondary N) is 1. The predicted octanol–water partition coefficient (Wildman–Crippen LogP) is 5.16. The van der Waals surface area contributed by atoms with Crippen molar-refractivity contribution in [2.45, 2.75) is 37.6 Å². The average molecular weight is 677 g/mol. The highest BCUT2D eigenvalue weighted by Gasteiger charge is 2.33. The smallest absolute Gasteiger partial charge is 0.333 e. The molecule has 4 aromatic rings. The molecule has 0 unspecified atom stereocenters. The van der Waals surface area contributed by atoms with E-state index >= 15 is 0 Å². The van der Waals surface area contributed by atoms with Gasteiger partial charge in [-0.05, 0) is 71.7 Å². The van der Waals surface area contributed by atoms with Gasteiger partial charge in [-0.3, -0.25) is 19.9 Å². The molecular weight excluding hydrogens is 652 g/mol. The maximum absolute atomic E-state index is 11.8. The van der Waals surface area contributed by atoms with E-state index < -0.39 is 9.86 Å². The van der Waals surface area contributed by atoms with Gasteiger partial charge in [-0.15, -0.1) is 0 Å². The Balaban J connectivity index is 0.000000204. The lowest BCUT2D eigenvalue weighted by atomic mass is 10.1. The van der Waals surface area contributed by atoms with Crippen molar-refractivity contribution in [3.63, 3.8) is 0 Å². The van der Waals surface area contributed by atoms with Crippen LogP contribution < -0.4 is 0 Å². The van der Waals surface area contributed by atoms with Crippen LogP contribution in [0, 0.1) is 0 Å². The quantitative estimate of drug-likeness (QED) is 0.233. The van der Waals surface area contributed by atoms with Gasteiger partial charge in [0.15, 0.2) is 5.54 Å². The zero-order valence-electron chi connectivity index (χ0n) is 20.0. The molecule has 0 fully saturated rings. The number of esters is 2. The SMILES string of the molecule is Brc1[nH]nc2cnccc12.COC(=O)C(C)(C)Br.COC(=O)C(C)(C)n1nc(Br)c2ccncc21. The van der Waals surface area contributed by atoms with Crippen LogP contribution in [0.4, 0.5) is 0 Å². The van der Waals surface area contributed by atoms with Crippen LogP contribution in [-0.4, -0.2) is 60.4 Å². The standard InChI is InChI=1S/C11H12BrN3O2.C6H4BrN3.C5H9BrO2/c1-11(2,10(16)17-3)15-8-6-13-5-4-7(8)9(12)14-15;7-6-4-1-2-8-3-5(4)9-10-6;1-5(2,6)4(7)8-3/h4-6H,1-3H3;1-3H,(H,9,10);1-3H3. The van der Waals surface area contributed by atoms with E-state index in [1.165, 1.54) is 14.2 Å². The Kier molecular flexibility index (Phi) is 9.93. The number of methoxy groups -OCH3 is 2. The first-order valence-electron chi connectivity index (χ1n) is 10.1. The first-order chi connectivity index (χ1) is 16.3. The summed E-state index contributed by atoms with van der Waals surface area (Å²) in [7, 11) is 2.73. The summed E-state index contributed by atoms with van der Waals surface area (Å²) in [6.07, 6.45) is 6.82. The van der Waals surface area contributed by atoms with Crippen molar-refractivity contribution >= 4 is 81.5 Å². The number of alkyl halides is 1. The summed E-state index contributed by atoms with van der Waals surface area (Å²) in [5.74, 6) is -0.601. The molecule has 4 rings (SSSR count). The maximum Gasteiger partial charge on any atom is 0.333 e. The van der Waals surface area contributed by atoms with Gasteiger partial charge in [0.1, 0.15) is 19.0 Å². The Morgan fingerprint density at radius 2 is 1.51 bits per heavy atom. The number of H-pyrrole nitrogens is 1. The number of fused-ring (bicyclic) bond motifs is 2. The highest BCUT2D eigenvalue weighted by molar-refractivity contribution is 9.11. The van der Waals surface area contributed by atoms with Crippen LogP contribution in [0.25, 0.3) is 21.8 Å². The number of carbonyl (C=O) groups excluding carboxylic acids is 2. The predicted molar refractivity (Wildman–Crippen MR) is 143 cm³/mol. The first-order valence-corrected chi connectivity index (χ1v) is 12.5. The second-order valence-corrected chi connectivity index (χ2v) is 11.6. The molecule has 1 N–H and O–H groups in total. The van der Waals surface area contributed by atoms with Crippen molar-refractivity contribution in [1.29, 1.82) is 0 Å². The van der Waals surface area contributed by atoms with Crippen molar-refractivity contribution in [3.05, 3.63) is 46.1 Å². The van der Waals surface area contributed by atoms with E-state index in [0.29, 0.717) is 4.60 Å². The van der Waals surface area contributed by atoms with Crippen molar-refractivity contribution < 1.29 is 19.1 Å². The van der Waals surface area contributed by atoms with Crippen molar-refractivity contribution in [3.8, 4) is 0 Å². The summed E-state index contributed by atoms with van der Waals surface area (Å²) < 4.78 is 11.9. The molecule has 4 aromatic heterocycles. The van der Waals surface area contributed by atoms with Gasteiger partial charge in [-0.2, -0.15) is 10.2 Å². The van der Waals surface area contributed by atoms with Crippen LogP contribution >= 0.6 is 47.8 Å². The Morgan fingerprint density at radius 3 is 2.03 bits per heavy atom. The van der Waals surface area contributed by atoms with Gasteiger partial charge in [-0.25, -0.2) is 9.48 Å². The lowest BCUT2D eigenvalue weighted by molar-refractivity contribution is -0.149. The average Bonchev–Trinajstić information content (AvgIpc) is 3.39. The summed E-state index contributed by atoms with van der Waals surface area (Å²) in [5, 5.41) is 13.1. The van der Waals surface area contributed by atoms with Crippen LogP contribution in [0.1, 0.15) is 27.7 Å². The van der Waals surface area contributed by atoms with Crippen LogP contribution in [0.3, 0.4) is 0 Å². The summed E-state index contributed by atoms with van der Waals surface area (Å²) in [4.78, 5) is 30.3. The van der Waals surface area contributed by atoms with E-state index in [2.05, 4.69) is 77.8 Å².